The van der Waals surface area contributed by atoms with Crippen molar-refractivity contribution in [1.82, 2.24) is 24.6 Å². The molecule has 0 amide bonds. The van der Waals surface area contributed by atoms with E-state index < -0.39 is 8.53 Å². The molecule has 0 aliphatic carbocycles. The van der Waals surface area contributed by atoms with Crippen molar-refractivity contribution in [2.75, 3.05) is 46.5 Å². The summed E-state index contributed by atoms with van der Waals surface area (Å²) in [5, 5.41) is 3.24. The maximum absolute atomic E-state index is 6.49. The Morgan fingerprint density at radius 2 is 2.03 bits per heavy atom. The molecular weight excluding hydrogens is 511 g/mol. The molecule has 1 aliphatic heterocycles. The summed E-state index contributed by atoms with van der Waals surface area (Å²) in [5.41, 5.74) is 7.02. The van der Waals surface area contributed by atoms with Crippen LogP contribution in [0.3, 0.4) is 0 Å². The average molecular weight is 549 g/mol. The van der Waals surface area contributed by atoms with E-state index in [0.29, 0.717) is 43.6 Å². The number of imidazole rings is 1. The van der Waals surface area contributed by atoms with Crippen LogP contribution in [0.2, 0.25) is 0 Å². The Balaban J connectivity index is 1.44. The predicted molar refractivity (Wildman–Crippen MR) is 144 cm³/mol. The molecule has 38 heavy (non-hydrogen) atoms. The topological polar surface area (TPSA) is 137 Å². The van der Waals surface area contributed by atoms with Crippen LogP contribution in [0.25, 0.3) is 11.2 Å². The van der Waals surface area contributed by atoms with E-state index in [1.807, 2.05) is 34.9 Å². The van der Waals surface area contributed by atoms with Crippen molar-refractivity contribution < 1.29 is 28.0 Å². The van der Waals surface area contributed by atoms with Gasteiger partial charge in [-0.15, -0.1) is 0 Å². The maximum atomic E-state index is 6.49. The fourth-order valence-electron chi connectivity index (χ4n) is 4.23. The van der Waals surface area contributed by atoms with Crippen molar-refractivity contribution in [1.29, 1.82) is 0 Å². The Hall–Kier alpha value is -2.60. The summed E-state index contributed by atoms with van der Waals surface area (Å²) in [6, 6.07) is 9.58. The smallest absolute Gasteiger partial charge is 0.320 e. The number of hydrogen-bond acceptors (Lipinski definition) is 11. The fourth-order valence-corrected chi connectivity index (χ4v) is 5.25. The third-order valence-corrected chi connectivity index (χ3v) is 7.26. The van der Waals surface area contributed by atoms with Crippen LogP contribution in [0.15, 0.2) is 36.7 Å². The van der Waals surface area contributed by atoms with Gasteiger partial charge in [0, 0.05) is 26.2 Å². The number of ether oxygens (including phenoxy) is 4. The summed E-state index contributed by atoms with van der Waals surface area (Å²) in [4.78, 5) is 13.0. The van der Waals surface area contributed by atoms with Crippen LogP contribution in [-0.4, -0.2) is 66.4 Å². The van der Waals surface area contributed by atoms with Gasteiger partial charge in [-0.05, 0) is 31.4 Å². The monoisotopic (exact) mass is 548 g/mol. The number of unbranched alkanes of at least 4 members (excludes halogenated alkanes) is 1. The predicted octanol–water partition coefficient (Wildman–Crippen LogP) is 4.04. The Labute approximate surface area is 224 Å². The third-order valence-electron chi connectivity index (χ3n) is 6.11. The standard InChI is InChI=1S/C25H37N6O6P/c1-4-5-12-34-17-28-38(37-19-9-7-6-8-10-19)35-15-20-14-18(11-13-32-2)24(36-20)31-16-27-21-22(31)29-25(26)30-23(21)33-3/h6-10,16,18,20,24,28H,4-5,11-15,17H2,1-3H3,(H2,26,29,30). The van der Waals surface area contributed by atoms with Crippen LogP contribution < -0.4 is 20.1 Å². The second-order valence-corrected chi connectivity index (χ2v) is 10.1. The van der Waals surface area contributed by atoms with Gasteiger partial charge in [0.2, 0.25) is 11.8 Å². The molecule has 4 atom stereocenters. The van der Waals surface area contributed by atoms with Crippen molar-refractivity contribution in [2.45, 2.75) is 44.9 Å². The van der Waals surface area contributed by atoms with Gasteiger partial charge in [-0.3, -0.25) is 4.57 Å². The SMILES string of the molecule is CCCCOCNP(OCC1CC(CCOC)C(n2cnc3c(OC)nc(N)nc32)O1)Oc1ccccc1. The number of benzene rings is 1. The van der Waals surface area contributed by atoms with E-state index in [0.717, 1.165) is 31.4 Å². The van der Waals surface area contributed by atoms with Gasteiger partial charge in [-0.25, -0.2) is 10.1 Å². The number of nitrogens with two attached hydrogens (primary N) is 1. The lowest BCUT2D eigenvalue weighted by Gasteiger charge is -2.21. The quantitative estimate of drug-likeness (QED) is 0.152. The van der Waals surface area contributed by atoms with Gasteiger partial charge in [0.1, 0.15) is 18.7 Å². The minimum atomic E-state index is -1.45. The molecule has 3 N–H and O–H groups in total. The molecule has 12 nitrogen and oxygen atoms in total. The minimum Gasteiger partial charge on any atom is -0.479 e. The molecule has 1 aromatic carbocycles. The first-order valence-electron chi connectivity index (χ1n) is 12.8. The fraction of sp³-hybridized carbons (Fsp3) is 0.560. The van der Waals surface area contributed by atoms with E-state index in [9.17, 15) is 0 Å². The summed E-state index contributed by atoms with van der Waals surface area (Å²) >= 11 is 0. The summed E-state index contributed by atoms with van der Waals surface area (Å²) < 4.78 is 37.0. The van der Waals surface area contributed by atoms with Crippen molar-refractivity contribution in [3.63, 3.8) is 0 Å². The van der Waals surface area contributed by atoms with E-state index >= 15 is 0 Å². The number of nitrogen functional groups attached to an aromatic ring is 1. The first-order valence-corrected chi connectivity index (χ1v) is 14.0. The lowest BCUT2D eigenvalue weighted by Crippen LogP contribution is -2.21. The van der Waals surface area contributed by atoms with Crippen molar-refractivity contribution in [2.24, 2.45) is 5.92 Å². The van der Waals surface area contributed by atoms with Crippen molar-refractivity contribution >= 4 is 25.6 Å². The Kier molecular flexibility index (Phi) is 10.9. The van der Waals surface area contributed by atoms with Crippen LogP contribution in [0.5, 0.6) is 11.6 Å². The molecule has 0 saturated carbocycles. The maximum Gasteiger partial charge on any atom is 0.320 e. The number of aromatic nitrogens is 4. The van der Waals surface area contributed by atoms with Gasteiger partial charge < -0.3 is 33.7 Å². The summed E-state index contributed by atoms with van der Waals surface area (Å²) in [7, 11) is 1.77. The molecule has 3 heterocycles. The summed E-state index contributed by atoms with van der Waals surface area (Å²) in [6.07, 6.45) is 4.84. The molecule has 2 aromatic heterocycles. The zero-order valence-electron chi connectivity index (χ0n) is 22.1. The van der Waals surface area contributed by atoms with Crippen LogP contribution >= 0.6 is 8.53 Å². The second kappa shape index (κ2) is 14.5. The number of hydrogen-bond donors (Lipinski definition) is 2. The van der Waals surface area contributed by atoms with Gasteiger partial charge in [0.05, 0.1) is 26.1 Å². The Bertz CT molecular complexity index is 1120. The Morgan fingerprint density at radius 3 is 2.79 bits per heavy atom. The zero-order chi connectivity index (χ0) is 26.7. The average Bonchev–Trinajstić information content (AvgIpc) is 3.54. The normalized spacial score (nSPS) is 20.1. The van der Waals surface area contributed by atoms with E-state index in [-0.39, 0.29) is 24.2 Å². The number of nitrogens with zero attached hydrogens (tertiary/aromatic N) is 4. The minimum absolute atomic E-state index is 0.110. The highest BCUT2D eigenvalue weighted by Crippen LogP contribution is 2.41. The summed E-state index contributed by atoms with van der Waals surface area (Å²) in [5.74, 6) is 1.31. The molecule has 0 radical (unpaired) electrons. The molecule has 1 fully saturated rings. The first kappa shape index (κ1) is 28.4. The lowest BCUT2D eigenvalue weighted by molar-refractivity contribution is -0.0299. The molecule has 0 spiro atoms. The van der Waals surface area contributed by atoms with Crippen LogP contribution in [0, 0.1) is 5.92 Å². The van der Waals surface area contributed by atoms with E-state index in [4.69, 9.17) is 33.7 Å². The van der Waals surface area contributed by atoms with Gasteiger partial charge in [0.25, 0.3) is 0 Å². The molecule has 4 unspecified atom stereocenters. The number of nitrogens with one attached hydrogen (secondary N) is 1. The largest absolute Gasteiger partial charge is 0.479 e. The highest BCUT2D eigenvalue weighted by molar-refractivity contribution is 7.45. The number of anilines is 1. The van der Waals surface area contributed by atoms with Crippen molar-refractivity contribution in [3.8, 4) is 11.6 Å². The summed E-state index contributed by atoms with van der Waals surface area (Å²) in [6.45, 7) is 4.10. The number of fused-ring (bicyclic) bond motifs is 1. The molecule has 13 heteroatoms. The van der Waals surface area contributed by atoms with E-state index in [1.54, 1.807) is 13.4 Å². The molecule has 0 bridgehead atoms. The van der Waals surface area contributed by atoms with Crippen molar-refractivity contribution in [3.05, 3.63) is 36.7 Å². The second-order valence-electron chi connectivity index (χ2n) is 8.86. The van der Waals surface area contributed by atoms with Crippen LogP contribution in [0.4, 0.5) is 5.95 Å². The highest BCUT2D eigenvalue weighted by atomic mass is 31.2. The lowest BCUT2D eigenvalue weighted by atomic mass is 10.00. The molecule has 1 saturated heterocycles. The number of methoxy groups -OCH3 is 2. The first-order chi connectivity index (χ1) is 18.6. The molecule has 1 aliphatic rings. The molecule has 208 valence electrons. The molecule has 3 aromatic rings. The molecular formula is C25H37N6O6P. The van der Waals surface area contributed by atoms with Gasteiger partial charge in [-0.2, -0.15) is 9.97 Å². The van der Waals surface area contributed by atoms with Gasteiger partial charge in [-0.1, -0.05) is 31.5 Å². The Morgan fingerprint density at radius 1 is 1.18 bits per heavy atom. The number of rotatable bonds is 16. The van der Waals surface area contributed by atoms with Gasteiger partial charge >= 0.3 is 8.53 Å². The molecule has 4 rings (SSSR count). The zero-order valence-corrected chi connectivity index (χ0v) is 23.0. The highest BCUT2D eigenvalue weighted by Gasteiger charge is 2.38. The van der Waals surface area contributed by atoms with Gasteiger partial charge in [0.15, 0.2) is 11.2 Å². The number of para-hydroxylation sites is 1. The van der Waals surface area contributed by atoms with Crippen LogP contribution in [0.1, 0.15) is 38.8 Å². The van der Waals surface area contributed by atoms with Crippen LogP contribution in [-0.2, 0) is 18.7 Å². The third kappa shape index (κ3) is 7.49. The van der Waals surface area contributed by atoms with E-state index in [1.165, 1.54) is 7.11 Å². The van der Waals surface area contributed by atoms with E-state index in [2.05, 4.69) is 27.0 Å².